The van der Waals surface area contributed by atoms with Crippen LogP contribution in [0.5, 0.6) is 0 Å². The van der Waals surface area contributed by atoms with Gasteiger partial charge in [-0.25, -0.2) is 9.98 Å². The lowest BCUT2D eigenvalue weighted by Gasteiger charge is -2.11. The molecular weight excluding hydrogens is 651 g/mol. The van der Waals surface area contributed by atoms with Crippen LogP contribution < -0.4 is 0 Å². The zero-order valence-corrected chi connectivity index (χ0v) is 28.6. The average Bonchev–Trinajstić information content (AvgIpc) is 3.24. The standard InChI is InChI=1S/C46H31N7/c1-47-45(35-15-11-31(12-16-35)37-23-27-50-43-39(37)21-19-33-9-5-25-48-41(33)43)53-46(52-29-30-7-3-2-4-8-30)36-17-13-32(14-18-36)38-24-28-51-44-40(38)22-20-34-10-6-26-49-42(34)44/h2-28H,1,29H2. The molecule has 250 valence electrons. The fraction of sp³-hybridized carbons (Fsp3) is 0.0217. The van der Waals surface area contributed by atoms with Gasteiger partial charge < -0.3 is 0 Å². The van der Waals surface area contributed by atoms with Gasteiger partial charge >= 0.3 is 0 Å². The first-order valence-electron chi connectivity index (χ1n) is 17.3. The number of nitrogens with zero attached hydrogens (tertiary/aromatic N) is 7. The molecule has 9 aromatic rings. The van der Waals surface area contributed by atoms with Crippen LogP contribution in [0.15, 0.2) is 179 Å². The zero-order chi connectivity index (χ0) is 35.6. The Kier molecular flexibility index (Phi) is 8.26. The molecule has 7 nitrogen and oxygen atoms in total. The van der Waals surface area contributed by atoms with Crippen LogP contribution in [-0.4, -0.2) is 38.3 Å². The maximum atomic E-state index is 5.02. The van der Waals surface area contributed by atoms with E-state index in [1.54, 1.807) is 0 Å². The second-order valence-corrected chi connectivity index (χ2v) is 12.7. The lowest BCUT2D eigenvalue weighted by atomic mass is 9.98. The van der Waals surface area contributed by atoms with E-state index in [4.69, 9.17) is 15.0 Å². The van der Waals surface area contributed by atoms with E-state index < -0.39 is 0 Å². The summed E-state index contributed by atoms with van der Waals surface area (Å²) in [6.45, 7) is 4.37. The van der Waals surface area contributed by atoms with Crippen molar-refractivity contribution in [2.24, 2.45) is 15.0 Å². The van der Waals surface area contributed by atoms with E-state index in [2.05, 4.69) is 112 Å². The highest BCUT2D eigenvalue weighted by atomic mass is 15.0. The Hall–Kier alpha value is -7.25. The van der Waals surface area contributed by atoms with Gasteiger partial charge in [-0.3, -0.25) is 24.9 Å². The predicted molar refractivity (Wildman–Crippen MR) is 218 cm³/mol. The van der Waals surface area contributed by atoms with E-state index in [9.17, 15) is 0 Å². The third kappa shape index (κ3) is 6.10. The molecule has 9 rings (SSSR count). The molecule has 0 saturated carbocycles. The maximum absolute atomic E-state index is 5.02. The van der Waals surface area contributed by atoms with Crippen LogP contribution in [0.2, 0.25) is 0 Å². The van der Waals surface area contributed by atoms with Crippen molar-refractivity contribution in [2.75, 3.05) is 0 Å². The number of rotatable bonds is 6. The minimum atomic E-state index is 0.471. The first kappa shape index (κ1) is 31.7. The highest BCUT2D eigenvalue weighted by Crippen LogP contribution is 2.33. The van der Waals surface area contributed by atoms with E-state index in [1.165, 1.54) is 0 Å². The molecule has 0 radical (unpaired) electrons. The van der Waals surface area contributed by atoms with Crippen LogP contribution in [0.4, 0.5) is 0 Å². The Bertz CT molecular complexity index is 2860. The Morgan fingerprint density at radius 3 is 1.49 bits per heavy atom. The second-order valence-electron chi connectivity index (χ2n) is 12.7. The van der Waals surface area contributed by atoms with Crippen molar-refractivity contribution in [1.29, 1.82) is 0 Å². The van der Waals surface area contributed by atoms with Crippen molar-refractivity contribution in [3.8, 4) is 22.3 Å². The molecule has 0 bridgehead atoms. The van der Waals surface area contributed by atoms with Gasteiger partial charge in [0.05, 0.1) is 28.6 Å². The molecule has 4 aromatic heterocycles. The van der Waals surface area contributed by atoms with Crippen LogP contribution in [-0.2, 0) is 6.54 Å². The molecule has 0 N–H and O–H groups in total. The maximum Gasteiger partial charge on any atom is 0.161 e. The normalized spacial score (nSPS) is 12.2. The Morgan fingerprint density at radius 2 is 0.962 bits per heavy atom. The molecule has 0 fully saturated rings. The molecule has 0 unspecified atom stereocenters. The number of amidine groups is 2. The third-order valence-electron chi connectivity index (χ3n) is 9.49. The molecule has 0 aliphatic heterocycles. The summed E-state index contributed by atoms with van der Waals surface area (Å²) >= 11 is 0. The third-order valence-corrected chi connectivity index (χ3v) is 9.49. The SMILES string of the molecule is C=NC(=NC(=NCc1ccccc1)c1ccc(-c2ccnc3c2ccc2cccnc23)cc1)c1ccc(-c2ccnc3c2ccc2cccnc23)cc1. The lowest BCUT2D eigenvalue weighted by Crippen LogP contribution is -2.05. The number of aliphatic imine (C=N–C) groups is 3. The zero-order valence-electron chi connectivity index (χ0n) is 28.6. The van der Waals surface area contributed by atoms with Gasteiger partial charge in [-0.05, 0) is 58.8 Å². The Morgan fingerprint density at radius 1 is 0.453 bits per heavy atom. The minimum absolute atomic E-state index is 0.471. The molecular formula is C46H31N7. The van der Waals surface area contributed by atoms with Crippen LogP contribution in [0.3, 0.4) is 0 Å². The molecule has 0 aliphatic rings. The summed E-state index contributed by atoms with van der Waals surface area (Å²) in [5, 5.41) is 4.23. The quantitative estimate of drug-likeness (QED) is 0.0993. The molecule has 0 amide bonds. The van der Waals surface area contributed by atoms with Crippen molar-refractivity contribution >= 4 is 62.0 Å². The summed E-state index contributed by atoms with van der Waals surface area (Å²) in [6, 6.07) is 47.2. The Balaban J connectivity index is 1.07. The number of hydrogen-bond donors (Lipinski definition) is 0. The van der Waals surface area contributed by atoms with Crippen molar-refractivity contribution in [3.05, 3.63) is 181 Å². The highest BCUT2D eigenvalue weighted by Gasteiger charge is 2.13. The molecule has 5 aromatic carbocycles. The summed E-state index contributed by atoms with van der Waals surface area (Å²) in [7, 11) is 0. The summed E-state index contributed by atoms with van der Waals surface area (Å²) in [4.78, 5) is 33.0. The predicted octanol–water partition coefficient (Wildman–Crippen LogP) is 10.3. The molecule has 53 heavy (non-hydrogen) atoms. The molecule has 0 spiro atoms. The van der Waals surface area contributed by atoms with Crippen LogP contribution in [0.1, 0.15) is 16.7 Å². The monoisotopic (exact) mass is 681 g/mol. The van der Waals surface area contributed by atoms with E-state index >= 15 is 0 Å². The summed E-state index contributed by atoms with van der Waals surface area (Å²) in [6.07, 6.45) is 7.31. The van der Waals surface area contributed by atoms with Gasteiger partial charge in [0, 0.05) is 57.5 Å². The number of hydrogen-bond acceptors (Lipinski definition) is 5. The average molecular weight is 682 g/mol. The molecule has 7 heteroatoms. The van der Waals surface area contributed by atoms with Crippen molar-refractivity contribution in [2.45, 2.75) is 6.54 Å². The van der Waals surface area contributed by atoms with Gasteiger partial charge in [0.25, 0.3) is 0 Å². The number of aromatic nitrogens is 4. The van der Waals surface area contributed by atoms with Gasteiger partial charge in [-0.15, -0.1) is 0 Å². The van der Waals surface area contributed by atoms with Gasteiger partial charge in [0.15, 0.2) is 11.7 Å². The summed E-state index contributed by atoms with van der Waals surface area (Å²) in [5.74, 6) is 1.06. The van der Waals surface area contributed by atoms with Gasteiger partial charge in [0.1, 0.15) is 0 Å². The van der Waals surface area contributed by atoms with Gasteiger partial charge in [-0.1, -0.05) is 115 Å². The summed E-state index contributed by atoms with van der Waals surface area (Å²) in [5.41, 5.74) is 10.6. The van der Waals surface area contributed by atoms with Crippen LogP contribution in [0, 0.1) is 0 Å². The van der Waals surface area contributed by atoms with Crippen molar-refractivity contribution in [1.82, 2.24) is 19.9 Å². The van der Waals surface area contributed by atoms with Crippen molar-refractivity contribution < 1.29 is 0 Å². The lowest BCUT2D eigenvalue weighted by molar-refractivity contribution is 1.06. The van der Waals surface area contributed by atoms with Crippen LogP contribution in [0.25, 0.3) is 65.9 Å². The van der Waals surface area contributed by atoms with Crippen molar-refractivity contribution in [3.63, 3.8) is 0 Å². The highest BCUT2D eigenvalue weighted by molar-refractivity contribution is 6.14. The summed E-state index contributed by atoms with van der Waals surface area (Å²) < 4.78 is 0. The number of pyridine rings is 4. The molecule has 0 aliphatic carbocycles. The van der Waals surface area contributed by atoms with E-state index in [1.807, 2.05) is 79.4 Å². The first-order chi connectivity index (χ1) is 26.2. The molecule has 0 atom stereocenters. The Labute approximate surface area is 305 Å². The number of benzene rings is 5. The molecule has 0 saturated heterocycles. The second kappa shape index (κ2) is 13.8. The molecule has 4 heterocycles. The van der Waals surface area contributed by atoms with Gasteiger partial charge in [-0.2, -0.15) is 0 Å². The number of fused-ring (bicyclic) bond motifs is 6. The fourth-order valence-electron chi connectivity index (χ4n) is 6.84. The minimum Gasteiger partial charge on any atom is -0.261 e. The largest absolute Gasteiger partial charge is 0.261 e. The van der Waals surface area contributed by atoms with Gasteiger partial charge in [0.2, 0.25) is 0 Å². The van der Waals surface area contributed by atoms with E-state index in [0.717, 1.165) is 82.6 Å². The van der Waals surface area contributed by atoms with Crippen LogP contribution >= 0.6 is 0 Å². The fourth-order valence-corrected chi connectivity index (χ4v) is 6.84. The first-order valence-corrected chi connectivity index (χ1v) is 17.3. The topological polar surface area (TPSA) is 88.6 Å². The smallest absolute Gasteiger partial charge is 0.161 e. The van der Waals surface area contributed by atoms with E-state index in [0.29, 0.717) is 18.2 Å². The van der Waals surface area contributed by atoms with E-state index in [-0.39, 0.29) is 0 Å².